The summed E-state index contributed by atoms with van der Waals surface area (Å²) in [5, 5.41) is 23.4. The van der Waals surface area contributed by atoms with Crippen molar-refractivity contribution in [3.63, 3.8) is 0 Å². The molecule has 2 heterocycles. The summed E-state index contributed by atoms with van der Waals surface area (Å²) < 4.78 is 8.47. The van der Waals surface area contributed by atoms with Gasteiger partial charge in [-0.1, -0.05) is 109 Å². The van der Waals surface area contributed by atoms with Gasteiger partial charge in [-0.15, -0.1) is 0 Å². The molecule has 12 atom stereocenters. The number of rotatable bonds is 19. The second-order valence-electron chi connectivity index (χ2n) is 27.8. The zero-order valence-corrected chi connectivity index (χ0v) is 60.4. The minimum atomic E-state index is -2.28. The highest BCUT2D eigenvalue weighted by molar-refractivity contribution is 6.00. The second-order valence-corrected chi connectivity index (χ2v) is 27.8. The third kappa shape index (κ3) is 22.1. The van der Waals surface area contributed by atoms with Crippen LogP contribution in [0.4, 0.5) is 0 Å². The molecular formula is C67H117N13O13. The Labute approximate surface area is 554 Å². The molecular weight excluding hydrogens is 1190 g/mol. The number of aromatic nitrogens is 2. The van der Waals surface area contributed by atoms with Gasteiger partial charge in [-0.25, -0.2) is 4.98 Å². The molecule has 1 saturated heterocycles. The summed E-state index contributed by atoms with van der Waals surface area (Å²) in [5.74, 6) is -10.9. The van der Waals surface area contributed by atoms with Crippen molar-refractivity contribution in [2.45, 2.75) is 229 Å². The van der Waals surface area contributed by atoms with Crippen LogP contribution in [0.15, 0.2) is 30.9 Å². The highest BCUT2D eigenvalue weighted by Gasteiger charge is 2.55. The number of allylic oxidation sites excluding steroid dienone is 2. The first-order valence-corrected chi connectivity index (χ1v) is 33.1. The maximum absolute atomic E-state index is 16.1. The summed E-state index contributed by atoms with van der Waals surface area (Å²) in [6, 6.07) is -11.6. The molecule has 93 heavy (non-hydrogen) atoms. The van der Waals surface area contributed by atoms with Crippen LogP contribution in [0.1, 0.15) is 156 Å². The SMILES string of the molecule is C/C=C/C[C@@H](C)[C@@H](O)[C@H]1C(=O)N[C@@H](CC)C(=O)N(C)CC(=O)N(C)[C@@H](CC(C)C)C(=O)N[C@@H](C(C)C)C(=O)N(C)[C@@H](CC(C)C)C(=O)N[C@@H](C)C(=O)N[C@H](C)C(=O)N(C)[C@@H](CC(C)C)C(=O)N(C)[C@@H](CC(C)C)C(=O)N(C)[C@](OCCn2ccnc2)(C(C)C)C(=O)N1C. The van der Waals surface area contributed by atoms with Crippen molar-refractivity contribution in [2.75, 3.05) is 62.5 Å². The van der Waals surface area contributed by atoms with Crippen LogP contribution >= 0.6 is 0 Å². The lowest BCUT2D eigenvalue weighted by atomic mass is 9.89. The van der Waals surface area contributed by atoms with Crippen LogP contribution in [0.3, 0.4) is 0 Å². The van der Waals surface area contributed by atoms with Crippen LogP contribution in [0.5, 0.6) is 0 Å². The molecule has 26 nitrogen and oxygen atoms in total. The first-order chi connectivity index (χ1) is 43.2. The molecule has 0 bridgehead atoms. The van der Waals surface area contributed by atoms with Gasteiger partial charge >= 0.3 is 0 Å². The van der Waals surface area contributed by atoms with E-state index in [1.54, 1.807) is 83.9 Å². The van der Waals surface area contributed by atoms with Crippen LogP contribution in [-0.2, 0) is 64.0 Å². The Morgan fingerprint density at radius 1 is 0.591 bits per heavy atom. The van der Waals surface area contributed by atoms with Gasteiger partial charge in [-0.2, -0.15) is 0 Å². The molecule has 11 amide bonds. The molecule has 1 aliphatic heterocycles. The van der Waals surface area contributed by atoms with E-state index in [2.05, 4.69) is 26.3 Å². The average Bonchev–Trinajstić information content (AvgIpc) is 1.46. The number of likely N-dealkylation sites (N-methyl/N-ethyl adjacent to an activating group) is 7. The van der Waals surface area contributed by atoms with Crippen LogP contribution in [-0.4, -0.2) is 243 Å². The third-order valence-electron chi connectivity index (χ3n) is 17.5. The van der Waals surface area contributed by atoms with E-state index in [9.17, 15) is 38.7 Å². The van der Waals surface area contributed by atoms with Gasteiger partial charge in [-0.05, 0) is 94.8 Å². The van der Waals surface area contributed by atoms with Crippen LogP contribution in [0.2, 0.25) is 0 Å². The average molecular weight is 1310 g/mol. The Balaban J connectivity index is 3.13. The molecule has 1 aliphatic rings. The van der Waals surface area contributed by atoms with Gasteiger partial charge in [0.05, 0.1) is 25.6 Å². The molecule has 26 heteroatoms. The number of carbonyl (C=O) groups excluding carboxylic acids is 11. The molecule has 2 rings (SSSR count). The molecule has 5 N–H and O–H groups in total. The van der Waals surface area contributed by atoms with Crippen molar-refractivity contribution in [1.82, 2.24) is 65.1 Å². The van der Waals surface area contributed by atoms with Gasteiger partial charge in [0.15, 0.2) is 0 Å². The molecule has 0 radical (unpaired) electrons. The number of nitrogens with one attached hydrogen (secondary N) is 4. The molecule has 1 fully saturated rings. The molecule has 528 valence electrons. The number of nitrogens with zero attached hydrogens (tertiary/aromatic N) is 9. The molecule has 0 spiro atoms. The Kier molecular flexibility index (Phi) is 32.9. The fraction of sp³-hybridized carbons (Fsp3) is 0.761. The van der Waals surface area contributed by atoms with Crippen molar-refractivity contribution in [1.29, 1.82) is 0 Å². The maximum atomic E-state index is 16.1. The van der Waals surface area contributed by atoms with Crippen molar-refractivity contribution in [2.24, 2.45) is 41.4 Å². The number of aliphatic hydroxyl groups excluding tert-OH is 1. The highest BCUT2D eigenvalue weighted by atomic mass is 16.5. The molecule has 0 aromatic carbocycles. The fourth-order valence-corrected chi connectivity index (χ4v) is 11.7. The number of aliphatic hydroxyl groups is 1. The first kappa shape index (κ1) is 82.1. The molecule has 0 aliphatic carbocycles. The van der Waals surface area contributed by atoms with E-state index in [0.717, 1.165) is 14.7 Å². The molecule has 0 unspecified atom stereocenters. The van der Waals surface area contributed by atoms with E-state index in [-0.39, 0.29) is 75.3 Å². The van der Waals surface area contributed by atoms with E-state index in [0.29, 0.717) is 0 Å². The van der Waals surface area contributed by atoms with Crippen molar-refractivity contribution in [3.05, 3.63) is 30.9 Å². The van der Waals surface area contributed by atoms with Gasteiger partial charge in [0.1, 0.15) is 54.4 Å². The van der Waals surface area contributed by atoms with Crippen LogP contribution in [0.25, 0.3) is 0 Å². The van der Waals surface area contributed by atoms with Gasteiger partial charge < -0.3 is 70.0 Å². The number of hydrogen-bond acceptors (Lipinski definition) is 14. The molecule has 1 aromatic rings. The van der Waals surface area contributed by atoms with E-state index >= 15 is 19.2 Å². The van der Waals surface area contributed by atoms with E-state index in [1.807, 2.05) is 55.4 Å². The summed E-state index contributed by atoms with van der Waals surface area (Å²) in [4.78, 5) is 176. The van der Waals surface area contributed by atoms with Gasteiger partial charge in [-0.3, -0.25) is 52.7 Å². The predicted octanol–water partition coefficient (Wildman–Crippen LogP) is 3.51. The standard InChI is InChI=1S/C67H117N13O13/c1-25-27-28-45(15)56(82)55-60(86)71-48(26-2)62(88)73(18)37-53(81)74(19)49(33-39(3)4)59(85)72-54(43(11)12)65(91)75(20)50(34-40(5)6)58(84)69-46(16)57(83)70-47(17)61(87)76(21)51(35-41(7)8)63(89)77(22)52(36-42(9)10)64(90)79(24)67(44(13)14,66(92)78(55)23)93-32-31-80-30-29-68-38-80/h25,27,29-30,38-52,54-56,82H,26,28,31-37H2,1-24H3,(H,69,84)(H,70,83)(H,71,86)(H,72,85)/b27-25+/t45-,46+,47-,48+,49+,50+,51+,52+,54+,55+,56-,67+/m1/s1. The number of imidazole rings is 1. The highest BCUT2D eigenvalue weighted by Crippen LogP contribution is 2.33. The fourth-order valence-electron chi connectivity index (χ4n) is 11.7. The predicted molar refractivity (Wildman–Crippen MR) is 356 cm³/mol. The largest absolute Gasteiger partial charge is 0.390 e. The lowest BCUT2D eigenvalue weighted by Gasteiger charge is -2.48. The van der Waals surface area contributed by atoms with Gasteiger partial charge in [0.2, 0.25) is 64.8 Å². The first-order valence-electron chi connectivity index (χ1n) is 33.1. The van der Waals surface area contributed by atoms with Crippen molar-refractivity contribution in [3.8, 4) is 0 Å². The lowest BCUT2D eigenvalue weighted by molar-refractivity contribution is -0.209. The van der Waals surface area contributed by atoms with E-state index < -0.39 is 155 Å². The number of amides is 11. The minimum Gasteiger partial charge on any atom is -0.390 e. The number of ether oxygens (including phenoxy) is 1. The Morgan fingerprint density at radius 3 is 1.56 bits per heavy atom. The molecule has 0 saturated carbocycles. The topological polar surface area (TPSA) is 306 Å². The monoisotopic (exact) mass is 1310 g/mol. The van der Waals surface area contributed by atoms with Gasteiger partial charge in [0, 0.05) is 74.2 Å². The zero-order chi connectivity index (χ0) is 71.4. The summed E-state index contributed by atoms with van der Waals surface area (Å²) in [6.07, 6.45) is 7.46. The van der Waals surface area contributed by atoms with Crippen LogP contribution in [0, 0.1) is 41.4 Å². The Hall–Kier alpha value is -6.96. The maximum Gasteiger partial charge on any atom is 0.276 e. The Morgan fingerprint density at radius 2 is 1.08 bits per heavy atom. The van der Waals surface area contributed by atoms with E-state index in [1.165, 1.54) is 82.8 Å². The Bertz CT molecular complexity index is 2700. The van der Waals surface area contributed by atoms with Crippen molar-refractivity contribution < 1.29 is 62.6 Å². The van der Waals surface area contributed by atoms with Crippen LogP contribution < -0.4 is 21.3 Å². The number of carbonyl (C=O) groups is 11. The summed E-state index contributed by atoms with van der Waals surface area (Å²) in [7, 11) is 9.76. The number of hydrogen-bond donors (Lipinski definition) is 5. The lowest BCUT2D eigenvalue weighted by Crippen LogP contribution is -2.70. The van der Waals surface area contributed by atoms with E-state index in [4.69, 9.17) is 4.74 Å². The summed E-state index contributed by atoms with van der Waals surface area (Å²) >= 11 is 0. The summed E-state index contributed by atoms with van der Waals surface area (Å²) in [5.41, 5.74) is -2.28. The zero-order valence-electron chi connectivity index (χ0n) is 60.4. The molecule has 1 aromatic heterocycles. The van der Waals surface area contributed by atoms with Crippen molar-refractivity contribution >= 4 is 65.0 Å². The second kappa shape index (κ2) is 37.2. The quantitative estimate of drug-likeness (QED) is 0.124. The van der Waals surface area contributed by atoms with Gasteiger partial charge in [0.25, 0.3) is 5.91 Å². The summed E-state index contributed by atoms with van der Waals surface area (Å²) in [6.45, 7) is 29.0. The normalized spacial score (nSPS) is 26.4. The smallest absolute Gasteiger partial charge is 0.276 e. The third-order valence-corrected chi connectivity index (χ3v) is 17.5. The minimum absolute atomic E-state index is 0.0201.